The Hall–Kier alpha value is -2.57. The average molecular weight is 374 g/mol. The van der Waals surface area contributed by atoms with Crippen LogP contribution < -0.4 is 15.5 Å². The topological polar surface area (TPSA) is 70.7 Å². The highest BCUT2D eigenvalue weighted by molar-refractivity contribution is 6.44. The predicted molar refractivity (Wildman–Crippen MR) is 103 cm³/mol. The molecule has 0 radical (unpaired) electrons. The maximum absolute atomic E-state index is 12.3. The molecule has 0 bridgehead atoms. The molecule has 0 atom stereocenters. The largest absolute Gasteiger partial charge is 0.378 e. The van der Waals surface area contributed by atoms with Crippen molar-refractivity contribution in [1.82, 2.24) is 0 Å². The zero-order valence-corrected chi connectivity index (χ0v) is 15.2. The summed E-state index contributed by atoms with van der Waals surface area (Å²) in [6.45, 7) is 4.57. The van der Waals surface area contributed by atoms with E-state index in [-0.39, 0.29) is 0 Å². The molecule has 2 amide bonds. The van der Waals surface area contributed by atoms with Crippen molar-refractivity contribution in [3.8, 4) is 0 Å². The summed E-state index contributed by atoms with van der Waals surface area (Å²) in [5.41, 5.74) is 2.81. The van der Waals surface area contributed by atoms with Crippen molar-refractivity contribution >= 4 is 40.5 Å². The molecular formula is C19H20ClN3O3. The fourth-order valence-corrected chi connectivity index (χ4v) is 3.01. The summed E-state index contributed by atoms with van der Waals surface area (Å²) in [6.07, 6.45) is 0. The first-order valence-electron chi connectivity index (χ1n) is 8.35. The van der Waals surface area contributed by atoms with Crippen LogP contribution in [0.4, 0.5) is 17.1 Å². The highest BCUT2D eigenvalue weighted by atomic mass is 35.5. The average Bonchev–Trinajstić information content (AvgIpc) is 2.65. The number of nitrogens with one attached hydrogen (secondary N) is 2. The first kappa shape index (κ1) is 18.2. The van der Waals surface area contributed by atoms with Crippen LogP contribution in [-0.2, 0) is 14.3 Å². The van der Waals surface area contributed by atoms with Gasteiger partial charge in [0.1, 0.15) is 0 Å². The van der Waals surface area contributed by atoms with E-state index in [4.69, 9.17) is 16.3 Å². The lowest BCUT2D eigenvalue weighted by Gasteiger charge is -2.30. The fraction of sp³-hybridized carbons (Fsp3) is 0.263. The molecule has 26 heavy (non-hydrogen) atoms. The molecule has 2 N–H and O–H groups in total. The summed E-state index contributed by atoms with van der Waals surface area (Å²) < 4.78 is 5.36. The third-order valence-corrected chi connectivity index (χ3v) is 4.38. The quantitative estimate of drug-likeness (QED) is 0.811. The summed E-state index contributed by atoms with van der Waals surface area (Å²) in [4.78, 5) is 26.7. The molecule has 7 heteroatoms. The van der Waals surface area contributed by atoms with E-state index in [0.717, 1.165) is 24.3 Å². The third-order valence-electron chi connectivity index (χ3n) is 4.15. The number of morpholine rings is 1. The van der Waals surface area contributed by atoms with Crippen molar-refractivity contribution < 1.29 is 14.3 Å². The van der Waals surface area contributed by atoms with Crippen LogP contribution in [0.25, 0.3) is 0 Å². The van der Waals surface area contributed by atoms with Crippen molar-refractivity contribution in [3.05, 3.63) is 53.1 Å². The minimum Gasteiger partial charge on any atom is -0.378 e. The van der Waals surface area contributed by atoms with Crippen molar-refractivity contribution in [2.75, 3.05) is 41.8 Å². The molecule has 3 rings (SSSR count). The number of hydrogen-bond donors (Lipinski definition) is 2. The van der Waals surface area contributed by atoms with Gasteiger partial charge in [0.2, 0.25) is 0 Å². The molecule has 0 spiro atoms. The number of aryl methyl sites for hydroxylation is 1. The Morgan fingerprint density at radius 2 is 1.65 bits per heavy atom. The number of carbonyl (C=O) groups is 2. The first-order chi connectivity index (χ1) is 12.5. The van der Waals surface area contributed by atoms with Gasteiger partial charge >= 0.3 is 11.8 Å². The Morgan fingerprint density at radius 3 is 2.35 bits per heavy atom. The van der Waals surface area contributed by atoms with Gasteiger partial charge in [-0.2, -0.15) is 0 Å². The number of ether oxygens (including phenoxy) is 1. The van der Waals surface area contributed by atoms with Gasteiger partial charge in [-0.25, -0.2) is 0 Å². The van der Waals surface area contributed by atoms with Crippen LogP contribution in [0.3, 0.4) is 0 Å². The highest BCUT2D eigenvalue weighted by Gasteiger charge is 2.19. The number of benzene rings is 2. The van der Waals surface area contributed by atoms with Crippen LogP contribution in [0.15, 0.2) is 42.5 Å². The molecule has 1 heterocycles. The summed E-state index contributed by atoms with van der Waals surface area (Å²) in [5.74, 6) is -1.45. The minimum absolute atomic E-state index is 0.552. The second kappa shape index (κ2) is 8.21. The Bertz CT molecular complexity index is 819. The summed E-state index contributed by atoms with van der Waals surface area (Å²) in [6, 6.07) is 12.5. The van der Waals surface area contributed by atoms with Crippen LogP contribution in [0.1, 0.15) is 5.56 Å². The predicted octanol–water partition coefficient (Wildman–Crippen LogP) is 3.06. The molecule has 136 valence electrons. The maximum atomic E-state index is 12.3. The summed E-state index contributed by atoms with van der Waals surface area (Å²) in [7, 11) is 0. The van der Waals surface area contributed by atoms with Crippen molar-refractivity contribution in [2.24, 2.45) is 0 Å². The maximum Gasteiger partial charge on any atom is 0.314 e. The van der Waals surface area contributed by atoms with Crippen LogP contribution >= 0.6 is 11.6 Å². The molecule has 1 aliphatic heterocycles. The fourth-order valence-electron chi connectivity index (χ4n) is 2.78. The number of nitrogens with zero attached hydrogens (tertiary/aromatic N) is 1. The minimum atomic E-state index is -0.729. The van der Waals surface area contributed by atoms with E-state index in [1.165, 1.54) is 0 Å². The van der Waals surface area contributed by atoms with E-state index in [1.807, 2.05) is 25.1 Å². The standard InChI is InChI=1S/C19H20ClN3O3/c1-13-12-14(20)6-7-15(13)21-18(24)19(25)22-16-4-2-3-5-17(16)23-8-10-26-11-9-23/h2-7,12H,8-11H2,1H3,(H,21,24)(H,22,25). The smallest absolute Gasteiger partial charge is 0.314 e. The lowest BCUT2D eigenvalue weighted by molar-refractivity contribution is -0.132. The summed E-state index contributed by atoms with van der Waals surface area (Å²) in [5, 5.41) is 5.89. The van der Waals surface area contributed by atoms with Gasteiger partial charge in [-0.15, -0.1) is 0 Å². The highest BCUT2D eigenvalue weighted by Crippen LogP contribution is 2.26. The molecule has 2 aromatic rings. The van der Waals surface area contributed by atoms with E-state index in [9.17, 15) is 9.59 Å². The van der Waals surface area contributed by atoms with Gasteiger partial charge in [-0.05, 0) is 42.8 Å². The number of halogens is 1. The van der Waals surface area contributed by atoms with Gasteiger partial charge in [0.15, 0.2) is 0 Å². The Balaban J connectivity index is 1.70. The monoisotopic (exact) mass is 373 g/mol. The number of anilines is 3. The molecule has 0 saturated carbocycles. The van der Waals surface area contributed by atoms with Crippen molar-refractivity contribution in [2.45, 2.75) is 6.92 Å². The van der Waals surface area contributed by atoms with Crippen molar-refractivity contribution in [1.29, 1.82) is 0 Å². The zero-order chi connectivity index (χ0) is 18.5. The Kier molecular flexibility index (Phi) is 5.75. The lowest BCUT2D eigenvalue weighted by atomic mass is 10.2. The van der Waals surface area contributed by atoms with E-state index < -0.39 is 11.8 Å². The van der Waals surface area contributed by atoms with E-state index >= 15 is 0 Å². The van der Waals surface area contributed by atoms with Gasteiger partial charge in [0, 0.05) is 23.8 Å². The molecule has 2 aromatic carbocycles. The van der Waals surface area contributed by atoms with Crippen LogP contribution in [0.5, 0.6) is 0 Å². The first-order valence-corrected chi connectivity index (χ1v) is 8.72. The van der Waals surface area contributed by atoms with Crippen LogP contribution in [0.2, 0.25) is 5.02 Å². The molecule has 1 fully saturated rings. The SMILES string of the molecule is Cc1cc(Cl)ccc1NC(=O)C(=O)Nc1ccccc1N1CCOCC1. The lowest BCUT2D eigenvalue weighted by Crippen LogP contribution is -2.37. The van der Waals surface area contributed by atoms with E-state index in [1.54, 1.807) is 24.3 Å². The van der Waals surface area contributed by atoms with E-state index in [2.05, 4.69) is 15.5 Å². The van der Waals surface area contributed by atoms with Gasteiger partial charge in [-0.1, -0.05) is 23.7 Å². The molecular weight excluding hydrogens is 354 g/mol. The van der Waals surface area contributed by atoms with Gasteiger partial charge in [0.25, 0.3) is 0 Å². The normalized spacial score (nSPS) is 14.0. The van der Waals surface area contributed by atoms with Crippen LogP contribution in [-0.4, -0.2) is 38.1 Å². The second-order valence-electron chi connectivity index (χ2n) is 5.98. The number of amides is 2. The third kappa shape index (κ3) is 4.33. The molecule has 1 aliphatic rings. The van der Waals surface area contributed by atoms with E-state index in [0.29, 0.717) is 29.6 Å². The molecule has 0 unspecified atom stereocenters. The number of rotatable bonds is 3. The van der Waals surface area contributed by atoms with Gasteiger partial charge in [0.05, 0.1) is 24.6 Å². The Morgan fingerprint density at radius 1 is 1.00 bits per heavy atom. The van der Waals surface area contributed by atoms with Gasteiger partial charge in [-0.3, -0.25) is 9.59 Å². The molecule has 0 aliphatic carbocycles. The Labute approximate surface area is 157 Å². The van der Waals surface area contributed by atoms with Crippen molar-refractivity contribution in [3.63, 3.8) is 0 Å². The molecule has 1 saturated heterocycles. The number of hydrogen-bond acceptors (Lipinski definition) is 4. The summed E-state index contributed by atoms with van der Waals surface area (Å²) >= 11 is 5.91. The number of carbonyl (C=O) groups excluding carboxylic acids is 2. The molecule has 0 aromatic heterocycles. The second-order valence-corrected chi connectivity index (χ2v) is 6.42. The van der Waals surface area contributed by atoms with Gasteiger partial charge < -0.3 is 20.3 Å². The zero-order valence-electron chi connectivity index (χ0n) is 14.4. The van der Waals surface area contributed by atoms with Crippen LogP contribution in [0, 0.1) is 6.92 Å². The molecule has 6 nitrogen and oxygen atoms in total. The number of para-hydroxylation sites is 2.